The van der Waals surface area contributed by atoms with Gasteiger partial charge in [0.25, 0.3) is 0 Å². The lowest BCUT2D eigenvalue weighted by atomic mass is 9.66. The van der Waals surface area contributed by atoms with E-state index < -0.39 is 0 Å². The summed E-state index contributed by atoms with van der Waals surface area (Å²) >= 11 is 6.40. The molecule has 0 radical (unpaired) electrons. The number of hydrogen-bond acceptors (Lipinski definition) is 2. The third kappa shape index (κ3) is 2.89. The fourth-order valence-electron chi connectivity index (χ4n) is 3.75. The zero-order valence-corrected chi connectivity index (χ0v) is 13.8. The van der Waals surface area contributed by atoms with Gasteiger partial charge in [-0.2, -0.15) is 5.10 Å². The number of aliphatic hydroxyl groups excluding tert-OH is 1. The fraction of sp³-hybridized carbons (Fsp3) is 0.812. The first-order valence-electron chi connectivity index (χ1n) is 7.77. The molecule has 1 aromatic rings. The minimum Gasteiger partial charge on any atom is -0.393 e. The SMILES string of the molecule is CCCn1ncc(Cl)c1C(C)(C)C1CCC(C)CC1O. The number of halogens is 1. The minimum absolute atomic E-state index is 0.150. The molecule has 3 nitrogen and oxygen atoms in total. The third-order valence-corrected chi connectivity index (χ3v) is 5.12. The second-order valence-corrected chi connectivity index (χ2v) is 7.29. The molecule has 0 aliphatic heterocycles. The van der Waals surface area contributed by atoms with Gasteiger partial charge < -0.3 is 5.11 Å². The Morgan fingerprint density at radius 3 is 2.75 bits per heavy atom. The highest BCUT2D eigenvalue weighted by Crippen LogP contribution is 2.44. The van der Waals surface area contributed by atoms with E-state index in [0.717, 1.165) is 36.5 Å². The van der Waals surface area contributed by atoms with Crippen LogP contribution < -0.4 is 0 Å². The summed E-state index contributed by atoms with van der Waals surface area (Å²) in [6.45, 7) is 9.65. The van der Waals surface area contributed by atoms with Crippen molar-refractivity contribution >= 4 is 11.6 Å². The average Bonchev–Trinajstić information content (AvgIpc) is 2.71. The van der Waals surface area contributed by atoms with Crippen LogP contribution in [-0.4, -0.2) is 21.0 Å². The molecule has 1 N–H and O–H groups in total. The Hall–Kier alpha value is -0.540. The van der Waals surface area contributed by atoms with Crippen LogP contribution >= 0.6 is 11.6 Å². The number of rotatable bonds is 4. The molecule has 2 rings (SSSR count). The molecular weight excluding hydrogens is 272 g/mol. The van der Waals surface area contributed by atoms with Crippen molar-refractivity contribution in [3.63, 3.8) is 0 Å². The molecule has 20 heavy (non-hydrogen) atoms. The molecule has 0 bridgehead atoms. The zero-order valence-electron chi connectivity index (χ0n) is 13.1. The normalized spacial score (nSPS) is 27.8. The smallest absolute Gasteiger partial charge is 0.0823 e. The van der Waals surface area contributed by atoms with Crippen LogP contribution in [0.4, 0.5) is 0 Å². The van der Waals surface area contributed by atoms with Crippen LogP contribution in [0.1, 0.15) is 59.1 Å². The third-order valence-electron chi connectivity index (χ3n) is 4.85. The maximum absolute atomic E-state index is 10.5. The molecule has 3 unspecified atom stereocenters. The van der Waals surface area contributed by atoms with Crippen molar-refractivity contribution in [2.24, 2.45) is 11.8 Å². The van der Waals surface area contributed by atoms with Crippen LogP contribution in [0.2, 0.25) is 5.02 Å². The highest BCUT2D eigenvalue weighted by molar-refractivity contribution is 6.31. The first-order valence-corrected chi connectivity index (χ1v) is 8.15. The molecule has 1 saturated carbocycles. The summed E-state index contributed by atoms with van der Waals surface area (Å²) in [6.07, 6.45) is 5.67. The van der Waals surface area contributed by atoms with Gasteiger partial charge in [0.2, 0.25) is 0 Å². The van der Waals surface area contributed by atoms with E-state index in [1.807, 2.05) is 4.68 Å². The molecular formula is C16H27ClN2O. The van der Waals surface area contributed by atoms with Gasteiger partial charge >= 0.3 is 0 Å². The first-order chi connectivity index (χ1) is 9.37. The predicted molar refractivity (Wildman–Crippen MR) is 83.1 cm³/mol. The van der Waals surface area contributed by atoms with Gasteiger partial charge in [-0.05, 0) is 31.1 Å². The summed E-state index contributed by atoms with van der Waals surface area (Å²) in [6, 6.07) is 0. The van der Waals surface area contributed by atoms with E-state index in [9.17, 15) is 5.11 Å². The van der Waals surface area contributed by atoms with Crippen LogP contribution in [0.25, 0.3) is 0 Å². The van der Waals surface area contributed by atoms with Crippen LogP contribution in [0, 0.1) is 11.8 Å². The van der Waals surface area contributed by atoms with Crippen molar-refractivity contribution in [1.29, 1.82) is 0 Å². The van der Waals surface area contributed by atoms with Crippen LogP contribution in [0.15, 0.2) is 6.20 Å². The van der Waals surface area contributed by atoms with Crippen molar-refractivity contribution in [3.8, 4) is 0 Å². The van der Waals surface area contributed by atoms with Crippen molar-refractivity contribution in [2.45, 2.75) is 71.4 Å². The molecule has 1 heterocycles. The summed E-state index contributed by atoms with van der Waals surface area (Å²) in [4.78, 5) is 0. The molecule has 0 amide bonds. The van der Waals surface area contributed by atoms with E-state index in [4.69, 9.17) is 11.6 Å². The van der Waals surface area contributed by atoms with E-state index in [0.29, 0.717) is 5.92 Å². The molecule has 1 aliphatic carbocycles. The molecule has 0 spiro atoms. The highest BCUT2D eigenvalue weighted by Gasteiger charge is 2.42. The molecule has 1 aliphatic rings. The number of aromatic nitrogens is 2. The summed E-state index contributed by atoms with van der Waals surface area (Å²) < 4.78 is 2.02. The second kappa shape index (κ2) is 6.07. The van der Waals surface area contributed by atoms with Gasteiger partial charge in [-0.3, -0.25) is 4.68 Å². The Balaban J connectivity index is 2.32. The number of nitrogens with zero attached hydrogens (tertiary/aromatic N) is 2. The standard InChI is InChI=1S/C16H27ClN2O/c1-5-8-19-15(13(17)10-18-19)16(3,4)12-7-6-11(2)9-14(12)20/h10-12,14,20H,5-9H2,1-4H3. The highest BCUT2D eigenvalue weighted by atomic mass is 35.5. The first kappa shape index (κ1) is 15.8. The zero-order chi connectivity index (χ0) is 14.9. The molecule has 0 aromatic carbocycles. The molecule has 1 fully saturated rings. The monoisotopic (exact) mass is 298 g/mol. The van der Waals surface area contributed by atoms with Gasteiger partial charge in [0.15, 0.2) is 0 Å². The Labute approximate surface area is 127 Å². The lowest BCUT2D eigenvalue weighted by Gasteiger charge is -2.42. The van der Waals surface area contributed by atoms with Gasteiger partial charge in [-0.1, -0.05) is 45.7 Å². The summed E-state index contributed by atoms with van der Waals surface area (Å²) in [5.41, 5.74) is 0.932. The van der Waals surface area contributed by atoms with E-state index >= 15 is 0 Å². The molecule has 0 saturated heterocycles. The van der Waals surface area contributed by atoms with Gasteiger partial charge in [-0.25, -0.2) is 0 Å². The largest absolute Gasteiger partial charge is 0.393 e. The lowest BCUT2D eigenvalue weighted by Crippen LogP contribution is -2.42. The van der Waals surface area contributed by atoms with E-state index in [2.05, 4.69) is 32.8 Å². The van der Waals surface area contributed by atoms with Gasteiger partial charge in [-0.15, -0.1) is 0 Å². The van der Waals surface area contributed by atoms with E-state index in [1.165, 1.54) is 6.42 Å². The second-order valence-electron chi connectivity index (χ2n) is 6.88. The molecule has 1 aromatic heterocycles. The summed E-state index contributed by atoms with van der Waals surface area (Å²) in [5.74, 6) is 0.872. The Kier molecular flexibility index (Phi) is 4.80. The van der Waals surface area contributed by atoms with Crippen molar-refractivity contribution in [1.82, 2.24) is 9.78 Å². The maximum Gasteiger partial charge on any atom is 0.0823 e. The van der Waals surface area contributed by atoms with Crippen LogP contribution in [0.3, 0.4) is 0 Å². The quantitative estimate of drug-likeness (QED) is 0.911. The van der Waals surface area contributed by atoms with Crippen LogP contribution in [0.5, 0.6) is 0 Å². The Morgan fingerprint density at radius 1 is 1.45 bits per heavy atom. The van der Waals surface area contributed by atoms with Crippen LogP contribution in [-0.2, 0) is 12.0 Å². The van der Waals surface area contributed by atoms with Gasteiger partial charge in [0, 0.05) is 12.0 Å². The number of aliphatic hydroxyl groups is 1. The lowest BCUT2D eigenvalue weighted by molar-refractivity contribution is 0.0121. The maximum atomic E-state index is 10.5. The summed E-state index contributed by atoms with van der Waals surface area (Å²) in [7, 11) is 0. The summed E-state index contributed by atoms with van der Waals surface area (Å²) in [5, 5.41) is 15.7. The Bertz CT molecular complexity index is 455. The van der Waals surface area contributed by atoms with E-state index in [-0.39, 0.29) is 17.4 Å². The van der Waals surface area contributed by atoms with Gasteiger partial charge in [0.1, 0.15) is 0 Å². The van der Waals surface area contributed by atoms with E-state index in [1.54, 1.807) is 6.20 Å². The topological polar surface area (TPSA) is 38.0 Å². The predicted octanol–water partition coefficient (Wildman–Crippen LogP) is 4.02. The molecule has 114 valence electrons. The van der Waals surface area contributed by atoms with Gasteiger partial charge in [0.05, 0.1) is 23.0 Å². The van der Waals surface area contributed by atoms with Crippen molar-refractivity contribution in [3.05, 3.63) is 16.9 Å². The Morgan fingerprint density at radius 2 is 2.15 bits per heavy atom. The molecule has 3 atom stereocenters. The fourth-order valence-corrected chi connectivity index (χ4v) is 4.14. The number of hydrogen-bond donors (Lipinski definition) is 1. The van der Waals surface area contributed by atoms with Crippen molar-refractivity contribution < 1.29 is 5.11 Å². The number of aryl methyl sites for hydroxylation is 1. The van der Waals surface area contributed by atoms with Crippen molar-refractivity contribution in [2.75, 3.05) is 0 Å². The minimum atomic E-state index is -0.241. The average molecular weight is 299 g/mol. The molecule has 4 heteroatoms.